The number of methoxy groups -OCH3 is 2. The maximum atomic E-state index is 12.4. The van der Waals surface area contributed by atoms with Gasteiger partial charge in [0.25, 0.3) is 11.8 Å². The molecule has 0 saturated carbocycles. The van der Waals surface area contributed by atoms with Crippen LogP contribution in [0.2, 0.25) is 0 Å². The van der Waals surface area contributed by atoms with Gasteiger partial charge in [-0.25, -0.2) is 0 Å². The summed E-state index contributed by atoms with van der Waals surface area (Å²) in [4.78, 5) is 24.8. The van der Waals surface area contributed by atoms with E-state index in [0.29, 0.717) is 35.0 Å². The summed E-state index contributed by atoms with van der Waals surface area (Å²) in [5, 5.41) is 14.9. The van der Waals surface area contributed by atoms with Gasteiger partial charge in [-0.3, -0.25) is 9.59 Å². The van der Waals surface area contributed by atoms with Crippen LogP contribution in [-0.2, 0) is 16.1 Å². The van der Waals surface area contributed by atoms with E-state index in [9.17, 15) is 14.9 Å². The highest BCUT2D eigenvalue weighted by atomic mass is 16.5. The zero-order valence-corrected chi connectivity index (χ0v) is 19.4. The van der Waals surface area contributed by atoms with Crippen molar-refractivity contribution in [3.05, 3.63) is 89.5 Å². The molecule has 0 aliphatic rings. The minimum absolute atomic E-state index is 0.0483. The third-order valence-corrected chi connectivity index (χ3v) is 4.90. The molecule has 0 fully saturated rings. The van der Waals surface area contributed by atoms with Gasteiger partial charge in [0, 0.05) is 6.54 Å². The van der Waals surface area contributed by atoms with Crippen LogP contribution in [0.4, 0.5) is 5.69 Å². The van der Waals surface area contributed by atoms with E-state index in [2.05, 4.69) is 10.6 Å². The number of benzene rings is 3. The number of para-hydroxylation sites is 2. The Morgan fingerprint density at radius 2 is 1.63 bits per heavy atom. The Morgan fingerprint density at radius 3 is 2.34 bits per heavy atom. The Hall–Kier alpha value is -4.77. The second-order valence-corrected chi connectivity index (χ2v) is 7.29. The third kappa shape index (κ3) is 7.11. The number of nitrogens with zero attached hydrogens (tertiary/aromatic N) is 1. The first-order valence-corrected chi connectivity index (χ1v) is 10.7. The first kappa shape index (κ1) is 24.9. The predicted molar refractivity (Wildman–Crippen MR) is 132 cm³/mol. The lowest BCUT2D eigenvalue weighted by molar-refractivity contribution is -0.118. The number of hydrogen-bond acceptors (Lipinski definition) is 6. The highest BCUT2D eigenvalue weighted by Gasteiger charge is 2.13. The Morgan fingerprint density at radius 1 is 0.914 bits per heavy atom. The van der Waals surface area contributed by atoms with Crippen LogP contribution in [0.5, 0.6) is 17.2 Å². The lowest BCUT2D eigenvalue weighted by atomic mass is 10.1. The molecule has 35 heavy (non-hydrogen) atoms. The molecule has 3 aromatic carbocycles. The number of carbonyl (C=O) groups is 2. The van der Waals surface area contributed by atoms with Gasteiger partial charge in [-0.1, -0.05) is 48.5 Å². The molecule has 3 aromatic rings. The first-order valence-electron chi connectivity index (χ1n) is 10.7. The Labute approximate surface area is 203 Å². The zero-order chi connectivity index (χ0) is 25.0. The molecule has 2 amide bonds. The van der Waals surface area contributed by atoms with Crippen LogP contribution in [-0.4, -0.2) is 32.6 Å². The molecular formula is C27H25N3O5. The molecule has 0 spiro atoms. The molecule has 0 heterocycles. The number of nitrogens with one attached hydrogen (secondary N) is 2. The van der Waals surface area contributed by atoms with Gasteiger partial charge in [-0.05, 0) is 41.5 Å². The number of nitriles is 1. The van der Waals surface area contributed by atoms with Crippen molar-refractivity contribution in [1.29, 1.82) is 5.26 Å². The van der Waals surface area contributed by atoms with Gasteiger partial charge in [0.2, 0.25) is 0 Å². The van der Waals surface area contributed by atoms with Gasteiger partial charge >= 0.3 is 0 Å². The molecule has 8 nitrogen and oxygen atoms in total. The quantitative estimate of drug-likeness (QED) is 0.342. The van der Waals surface area contributed by atoms with Crippen LogP contribution in [0.25, 0.3) is 6.08 Å². The van der Waals surface area contributed by atoms with E-state index < -0.39 is 5.91 Å². The van der Waals surface area contributed by atoms with Gasteiger partial charge < -0.3 is 24.8 Å². The van der Waals surface area contributed by atoms with Crippen molar-refractivity contribution in [3.63, 3.8) is 0 Å². The van der Waals surface area contributed by atoms with Crippen molar-refractivity contribution in [2.75, 3.05) is 26.1 Å². The number of carbonyl (C=O) groups excluding carboxylic acids is 2. The monoisotopic (exact) mass is 471 g/mol. The highest BCUT2D eigenvalue weighted by Crippen LogP contribution is 2.29. The van der Waals surface area contributed by atoms with Gasteiger partial charge in [-0.2, -0.15) is 5.26 Å². The molecule has 2 N–H and O–H groups in total. The minimum atomic E-state index is -0.483. The van der Waals surface area contributed by atoms with Crippen molar-refractivity contribution in [2.45, 2.75) is 6.54 Å². The summed E-state index contributed by atoms with van der Waals surface area (Å²) >= 11 is 0. The second kappa shape index (κ2) is 12.5. The second-order valence-electron chi connectivity index (χ2n) is 7.29. The van der Waals surface area contributed by atoms with E-state index in [1.165, 1.54) is 20.3 Å². The van der Waals surface area contributed by atoms with E-state index in [0.717, 1.165) is 5.56 Å². The molecule has 0 atom stereocenters. The SMILES string of the molecule is COc1ccccc1NC(=O)COc1ccc(/C=C(\C#N)C(=O)NCc2ccccc2)cc1OC. The van der Waals surface area contributed by atoms with Gasteiger partial charge in [0.05, 0.1) is 19.9 Å². The summed E-state index contributed by atoms with van der Waals surface area (Å²) in [7, 11) is 2.98. The number of ether oxygens (including phenoxy) is 3. The standard InChI is InChI=1S/C27H25N3O5/c1-33-23-11-7-6-10-22(23)30-26(31)18-35-24-13-12-20(15-25(24)34-2)14-21(16-28)27(32)29-17-19-8-4-3-5-9-19/h3-15H,17-18H2,1-2H3,(H,29,32)(H,30,31)/b21-14+. The molecule has 178 valence electrons. The number of hydrogen-bond donors (Lipinski definition) is 2. The van der Waals surface area contributed by atoms with E-state index in [-0.39, 0.29) is 18.1 Å². The Balaban J connectivity index is 1.64. The van der Waals surface area contributed by atoms with Crippen LogP contribution in [0, 0.1) is 11.3 Å². The number of anilines is 1. The van der Waals surface area contributed by atoms with E-state index in [1.807, 2.05) is 36.4 Å². The highest BCUT2D eigenvalue weighted by molar-refractivity contribution is 6.01. The fraction of sp³-hybridized carbons (Fsp3) is 0.148. The van der Waals surface area contributed by atoms with Gasteiger partial charge in [-0.15, -0.1) is 0 Å². The summed E-state index contributed by atoms with van der Waals surface area (Å²) in [6.45, 7) is 0.0562. The maximum Gasteiger partial charge on any atom is 0.262 e. The van der Waals surface area contributed by atoms with Crippen molar-refractivity contribution in [3.8, 4) is 23.3 Å². The smallest absolute Gasteiger partial charge is 0.262 e. The lowest BCUT2D eigenvalue weighted by Gasteiger charge is -2.13. The summed E-state index contributed by atoms with van der Waals surface area (Å²) < 4.78 is 16.2. The zero-order valence-electron chi connectivity index (χ0n) is 19.4. The average Bonchev–Trinajstić information content (AvgIpc) is 2.90. The molecule has 0 aromatic heterocycles. The van der Waals surface area contributed by atoms with E-state index in [1.54, 1.807) is 42.5 Å². The minimum Gasteiger partial charge on any atom is -0.495 e. The topological polar surface area (TPSA) is 110 Å². The van der Waals surface area contributed by atoms with Crippen molar-refractivity contribution in [1.82, 2.24) is 5.32 Å². The third-order valence-electron chi connectivity index (χ3n) is 4.90. The fourth-order valence-electron chi connectivity index (χ4n) is 3.16. The van der Waals surface area contributed by atoms with Crippen LogP contribution >= 0.6 is 0 Å². The first-order chi connectivity index (χ1) is 17.0. The molecule has 0 aliphatic heterocycles. The number of rotatable bonds is 10. The molecule has 0 radical (unpaired) electrons. The van der Waals surface area contributed by atoms with Crippen LogP contribution in [0.15, 0.2) is 78.4 Å². The van der Waals surface area contributed by atoms with E-state index in [4.69, 9.17) is 14.2 Å². The van der Waals surface area contributed by atoms with Gasteiger partial charge in [0.1, 0.15) is 17.4 Å². The average molecular weight is 472 g/mol. The normalized spacial score (nSPS) is 10.6. The van der Waals surface area contributed by atoms with Crippen molar-refractivity contribution >= 4 is 23.6 Å². The summed E-state index contributed by atoms with van der Waals surface area (Å²) in [5.74, 6) is 0.374. The molecule has 0 aliphatic carbocycles. The lowest BCUT2D eigenvalue weighted by Crippen LogP contribution is -2.23. The van der Waals surface area contributed by atoms with Crippen molar-refractivity contribution in [2.24, 2.45) is 0 Å². The molecule has 0 saturated heterocycles. The van der Waals surface area contributed by atoms with Gasteiger partial charge in [0.15, 0.2) is 18.1 Å². The molecule has 0 bridgehead atoms. The summed E-state index contributed by atoms with van der Waals surface area (Å²) in [6, 6.07) is 23.3. The Bertz CT molecular complexity index is 1250. The number of amides is 2. The molecular weight excluding hydrogens is 446 g/mol. The predicted octanol–water partition coefficient (Wildman–Crippen LogP) is 3.94. The molecule has 3 rings (SSSR count). The fourth-order valence-corrected chi connectivity index (χ4v) is 3.16. The maximum absolute atomic E-state index is 12.4. The van der Waals surface area contributed by atoms with E-state index >= 15 is 0 Å². The summed E-state index contributed by atoms with van der Waals surface area (Å²) in [6.07, 6.45) is 1.46. The summed E-state index contributed by atoms with van der Waals surface area (Å²) in [5.41, 5.74) is 1.98. The largest absolute Gasteiger partial charge is 0.495 e. The van der Waals surface area contributed by atoms with Crippen LogP contribution < -0.4 is 24.8 Å². The van der Waals surface area contributed by atoms with Crippen LogP contribution in [0.1, 0.15) is 11.1 Å². The van der Waals surface area contributed by atoms with Crippen LogP contribution in [0.3, 0.4) is 0 Å². The molecule has 8 heteroatoms. The van der Waals surface area contributed by atoms with Crippen molar-refractivity contribution < 1.29 is 23.8 Å². The molecule has 0 unspecified atom stereocenters. The Kier molecular flexibility index (Phi) is 8.85.